The molecule has 2 amide bonds. The number of ether oxygens (including phenoxy) is 1. The second-order valence-electron chi connectivity index (χ2n) is 10.9. The molecule has 2 aliphatic heterocycles. The molecular weight excluding hydrogens is 464 g/mol. The van der Waals surface area contributed by atoms with E-state index in [1.165, 1.54) is 11.1 Å². The van der Waals surface area contributed by atoms with Crippen molar-refractivity contribution in [2.24, 2.45) is 0 Å². The average Bonchev–Trinajstić information content (AvgIpc) is 3.54. The molecule has 198 valence electrons. The molecule has 8 nitrogen and oxygen atoms in total. The van der Waals surface area contributed by atoms with Gasteiger partial charge in [-0.05, 0) is 57.4 Å². The number of hydrogen-bond acceptors (Lipinski definition) is 5. The van der Waals surface area contributed by atoms with E-state index in [9.17, 15) is 4.79 Å². The summed E-state index contributed by atoms with van der Waals surface area (Å²) in [5, 5.41) is 7.58. The lowest BCUT2D eigenvalue weighted by atomic mass is 9.91. The van der Waals surface area contributed by atoms with Gasteiger partial charge < -0.3 is 19.9 Å². The fourth-order valence-corrected chi connectivity index (χ4v) is 5.65. The summed E-state index contributed by atoms with van der Waals surface area (Å²) in [7, 11) is 1.84. The molecule has 0 bridgehead atoms. The highest BCUT2D eigenvalue weighted by atomic mass is 16.5. The summed E-state index contributed by atoms with van der Waals surface area (Å²) < 4.78 is 8.06. The van der Waals surface area contributed by atoms with Gasteiger partial charge in [0.2, 0.25) is 0 Å². The van der Waals surface area contributed by atoms with Crippen molar-refractivity contribution >= 4 is 17.2 Å². The number of nitrogens with zero attached hydrogens (tertiary/aromatic N) is 5. The van der Waals surface area contributed by atoms with Crippen LogP contribution in [0, 0.1) is 0 Å². The van der Waals surface area contributed by atoms with Crippen molar-refractivity contribution in [3.63, 3.8) is 0 Å². The zero-order chi connectivity index (χ0) is 26.2. The van der Waals surface area contributed by atoms with Crippen LogP contribution in [0.2, 0.25) is 0 Å². The van der Waals surface area contributed by atoms with Crippen molar-refractivity contribution in [1.82, 2.24) is 24.7 Å². The normalized spacial score (nSPS) is 20.9. The highest BCUT2D eigenvalue weighted by Gasteiger charge is 2.40. The molecule has 2 aliphatic rings. The summed E-state index contributed by atoms with van der Waals surface area (Å²) in [5.41, 5.74) is 5.54. The fourth-order valence-electron chi connectivity index (χ4n) is 5.65. The summed E-state index contributed by atoms with van der Waals surface area (Å²) in [4.78, 5) is 19.1. The number of amides is 2. The summed E-state index contributed by atoms with van der Waals surface area (Å²) in [6.07, 6.45) is 4.97. The van der Waals surface area contributed by atoms with Crippen LogP contribution >= 0.6 is 0 Å². The van der Waals surface area contributed by atoms with Gasteiger partial charge in [0.25, 0.3) is 0 Å². The zero-order valence-corrected chi connectivity index (χ0v) is 22.8. The van der Waals surface area contributed by atoms with Gasteiger partial charge in [-0.3, -0.25) is 4.90 Å². The van der Waals surface area contributed by atoms with Crippen molar-refractivity contribution in [2.75, 3.05) is 51.3 Å². The molecule has 2 saturated heterocycles. The van der Waals surface area contributed by atoms with E-state index in [-0.39, 0.29) is 17.7 Å². The number of rotatable bonds is 6. The Kier molecular flexibility index (Phi) is 7.14. The predicted octanol–water partition coefficient (Wildman–Crippen LogP) is 4.20. The maximum absolute atomic E-state index is 12.4. The quantitative estimate of drug-likeness (QED) is 0.545. The average molecular weight is 505 g/mol. The minimum atomic E-state index is -0.239. The summed E-state index contributed by atoms with van der Waals surface area (Å²) in [5.74, 6) is 0. The lowest BCUT2D eigenvalue weighted by molar-refractivity contribution is -0.00804. The molecule has 8 heteroatoms. The van der Waals surface area contributed by atoms with Crippen molar-refractivity contribution < 1.29 is 9.53 Å². The number of nitrogens with one attached hydrogen (secondary N) is 1. The van der Waals surface area contributed by atoms with Crippen LogP contribution in [0.4, 0.5) is 10.5 Å². The Labute approximate surface area is 220 Å². The smallest absolute Gasteiger partial charge is 0.317 e. The lowest BCUT2D eigenvalue weighted by Gasteiger charge is -2.36. The molecule has 1 aromatic carbocycles. The van der Waals surface area contributed by atoms with Gasteiger partial charge in [-0.2, -0.15) is 5.10 Å². The molecule has 3 aromatic rings. The number of likely N-dealkylation sites (tertiary alicyclic amines) is 1. The summed E-state index contributed by atoms with van der Waals surface area (Å²) in [6, 6.07) is 13.8. The Balaban J connectivity index is 1.34. The number of carbonyl (C=O) groups is 1. The topological polar surface area (TPSA) is 65.3 Å². The lowest BCUT2D eigenvalue weighted by Crippen LogP contribution is -2.53. The van der Waals surface area contributed by atoms with Crippen LogP contribution in [0.5, 0.6) is 0 Å². The maximum Gasteiger partial charge on any atom is 0.317 e. The van der Waals surface area contributed by atoms with Crippen LogP contribution in [0.3, 0.4) is 0 Å². The van der Waals surface area contributed by atoms with Crippen molar-refractivity contribution in [2.45, 2.75) is 51.8 Å². The Morgan fingerprint density at radius 1 is 1.00 bits per heavy atom. The Morgan fingerprint density at radius 2 is 1.73 bits per heavy atom. The van der Waals surface area contributed by atoms with E-state index in [1.54, 1.807) is 0 Å². The first kappa shape index (κ1) is 25.5. The van der Waals surface area contributed by atoms with Gasteiger partial charge in [0, 0.05) is 76.4 Å². The second kappa shape index (κ2) is 10.3. The van der Waals surface area contributed by atoms with Gasteiger partial charge in [0.15, 0.2) is 0 Å². The number of urea groups is 1. The second-order valence-corrected chi connectivity index (χ2v) is 10.9. The Hall–Kier alpha value is -3.10. The third-order valence-electron chi connectivity index (χ3n) is 7.93. The number of anilines is 1. The zero-order valence-electron chi connectivity index (χ0n) is 22.8. The Bertz CT molecular complexity index is 1230. The van der Waals surface area contributed by atoms with Gasteiger partial charge in [0.1, 0.15) is 5.60 Å². The number of benzene rings is 1. The molecular formula is C29H40N6O2. The van der Waals surface area contributed by atoms with Crippen LogP contribution in [-0.4, -0.2) is 83.9 Å². The molecule has 0 radical (unpaired) electrons. The van der Waals surface area contributed by atoms with Crippen molar-refractivity contribution in [1.29, 1.82) is 0 Å². The third-order valence-corrected chi connectivity index (χ3v) is 7.93. The van der Waals surface area contributed by atoms with Gasteiger partial charge in [0.05, 0.1) is 11.2 Å². The first-order chi connectivity index (χ1) is 17.8. The van der Waals surface area contributed by atoms with Gasteiger partial charge in [-0.1, -0.05) is 24.3 Å². The minimum Gasteiger partial charge on any atom is -0.372 e. The molecule has 4 heterocycles. The molecule has 0 spiro atoms. The summed E-state index contributed by atoms with van der Waals surface area (Å²) in [6.45, 7) is 13.5. The van der Waals surface area contributed by atoms with Gasteiger partial charge in [-0.25, -0.2) is 9.31 Å². The van der Waals surface area contributed by atoms with E-state index in [2.05, 4.69) is 76.7 Å². The number of hydrogen-bond donors (Lipinski definition) is 1. The molecule has 2 aromatic heterocycles. The highest BCUT2D eigenvalue weighted by molar-refractivity contribution is 5.80. The summed E-state index contributed by atoms with van der Waals surface area (Å²) >= 11 is 0. The number of carbonyl (C=O) groups excluding carboxylic acids is 1. The van der Waals surface area contributed by atoms with E-state index in [0.29, 0.717) is 19.1 Å². The van der Waals surface area contributed by atoms with E-state index in [0.717, 1.165) is 49.4 Å². The fraction of sp³-hybridized carbons (Fsp3) is 0.517. The third kappa shape index (κ3) is 5.05. The molecule has 0 unspecified atom stereocenters. The number of fused-ring (bicyclic) bond motifs is 1. The first-order valence-electron chi connectivity index (χ1n) is 13.5. The standard InChI is InChI=1S/C29H40N6O2/c1-21(2)31-28(36)33-16-14-32(15-17-33)26-10-12-30-35-19-24(18-27(26)35)23-6-8-25(9-7-23)29(37-5)11-13-34(20-29)22(3)4/h6-10,12,18-19,21-22H,11,13-17,20H2,1-5H3,(H,31,36)/t29-/m1/s1. The van der Waals surface area contributed by atoms with Crippen LogP contribution in [0.1, 0.15) is 39.7 Å². The number of piperazine rings is 1. The largest absolute Gasteiger partial charge is 0.372 e. The maximum atomic E-state index is 12.4. The van der Waals surface area contributed by atoms with E-state index >= 15 is 0 Å². The Morgan fingerprint density at radius 3 is 2.35 bits per heavy atom. The van der Waals surface area contributed by atoms with Crippen molar-refractivity contribution in [3.8, 4) is 11.1 Å². The van der Waals surface area contributed by atoms with Crippen LogP contribution < -0.4 is 10.2 Å². The van der Waals surface area contributed by atoms with E-state index in [1.807, 2.05) is 36.6 Å². The SMILES string of the molecule is CO[C@]1(c2ccc(-c3cc4c(N5CCN(C(=O)NC(C)C)CC5)ccnn4c3)cc2)CCN(C(C)C)C1. The molecule has 1 atom stereocenters. The van der Waals surface area contributed by atoms with Crippen molar-refractivity contribution in [3.05, 3.63) is 54.4 Å². The minimum absolute atomic E-state index is 0.0210. The molecule has 0 saturated carbocycles. The van der Waals surface area contributed by atoms with Crippen LogP contribution in [0.15, 0.2) is 48.8 Å². The first-order valence-corrected chi connectivity index (χ1v) is 13.5. The van der Waals surface area contributed by atoms with Gasteiger partial charge >= 0.3 is 6.03 Å². The number of methoxy groups -OCH3 is 1. The predicted molar refractivity (Wildman–Crippen MR) is 148 cm³/mol. The van der Waals surface area contributed by atoms with E-state index in [4.69, 9.17) is 4.74 Å². The molecule has 37 heavy (non-hydrogen) atoms. The van der Waals surface area contributed by atoms with Crippen LogP contribution in [0.25, 0.3) is 16.6 Å². The monoisotopic (exact) mass is 504 g/mol. The molecule has 5 rings (SSSR count). The highest BCUT2D eigenvalue weighted by Crippen LogP contribution is 2.37. The number of aromatic nitrogens is 2. The molecule has 2 fully saturated rings. The molecule has 0 aliphatic carbocycles. The van der Waals surface area contributed by atoms with E-state index < -0.39 is 0 Å². The van der Waals surface area contributed by atoms with Gasteiger partial charge in [-0.15, -0.1) is 0 Å². The van der Waals surface area contributed by atoms with Crippen LogP contribution in [-0.2, 0) is 10.3 Å². The molecule has 1 N–H and O–H groups in total.